The van der Waals surface area contributed by atoms with Crippen molar-refractivity contribution in [2.75, 3.05) is 13.2 Å². The summed E-state index contributed by atoms with van der Waals surface area (Å²) in [7, 11) is 0. The number of aliphatic hydroxyl groups excluding tert-OH is 1. The number of halogens is 4. The van der Waals surface area contributed by atoms with Crippen LogP contribution in [0.4, 0.5) is 13.2 Å². The van der Waals surface area contributed by atoms with Crippen molar-refractivity contribution in [2.45, 2.75) is 25.5 Å². The molecule has 1 aromatic carbocycles. The molecule has 4 rings (SSSR count). The summed E-state index contributed by atoms with van der Waals surface area (Å²) in [6.07, 6.45) is -4.51. The molecule has 30 heavy (non-hydrogen) atoms. The van der Waals surface area contributed by atoms with Crippen LogP contribution in [0.1, 0.15) is 29.8 Å². The highest BCUT2D eigenvalue weighted by molar-refractivity contribution is 6.29. The maximum absolute atomic E-state index is 13.4. The molecule has 2 aromatic rings. The molecule has 158 valence electrons. The quantitative estimate of drug-likeness (QED) is 0.726. The molecule has 0 aliphatic carbocycles. The van der Waals surface area contributed by atoms with E-state index in [-0.39, 0.29) is 28.8 Å². The van der Waals surface area contributed by atoms with E-state index in [4.69, 9.17) is 16.3 Å². The number of benzene rings is 1. The van der Waals surface area contributed by atoms with Crippen molar-refractivity contribution < 1.29 is 27.8 Å². The average molecular weight is 440 g/mol. The maximum atomic E-state index is 13.4. The first-order valence-electron chi connectivity index (χ1n) is 9.15. The number of alkyl halides is 3. The standard InChI is InChI=1S/C20H17ClF3N3O3/c1-2-26-15-10-30-19(12-6-7-14(21)25-9-12)27(15)18(29)16(17(26)28)11-4-3-5-13(8-11)20(22,23)24/h3-9,15,19,28H,2,10H2,1H3. The molecule has 1 fully saturated rings. The Morgan fingerprint density at radius 3 is 2.70 bits per heavy atom. The van der Waals surface area contributed by atoms with E-state index in [9.17, 15) is 23.1 Å². The number of amides is 1. The van der Waals surface area contributed by atoms with E-state index in [0.29, 0.717) is 12.1 Å². The molecule has 1 aromatic heterocycles. The summed E-state index contributed by atoms with van der Waals surface area (Å²) in [6.45, 7) is 2.20. The van der Waals surface area contributed by atoms with Gasteiger partial charge >= 0.3 is 6.18 Å². The number of nitrogens with zero attached hydrogens (tertiary/aromatic N) is 3. The molecule has 0 saturated carbocycles. The molecule has 2 aliphatic heterocycles. The second kappa shape index (κ2) is 7.48. The fourth-order valence-corrected chi connectivity index (χ4v) is 3.85. The van der Waals surface area contributed by atoms with Crippen LogP contribution in [-0.2, 0) is 15.7 Å². The lowest BCUT2D eigenvalue weighted by Gasteiger charge is -2.41. The van der Waals surface area contributed by atoms with E-state index in [1.165, 1.54) is 28.1 Å². The van der Waals surface area contributed by atoms with E-state index in [2.05, 4.69) is 4.98 Å². The van der Waals surface area contributed by atoms with Crippen LogP contribution in [0.25, 0.3) is 5.57 Å². The largest absolute Gasteiger partial charge is 0.494 e. The number of carbonyl (C=O) groups is 1. The number of ether oxygens (including phenoxy) is 1. The van der Waals surface area contributed by atoms with Gasteiger partial charge in [-0.05, 0) is 36.8 Å². The molecule has 10 heteroatoms. The third-order valence-corrected chi connectivity index (χ3v) is 5.36. The Hall–Kier alpha value is -2.78. The van der Waals surface area contributed by atoms with Crippen molar-refractivity contribution in [1.82, 2.24) is 14.8 Å². The van der Waals surface area contributed by atoms with Crippen molar-refractivity contribution >= 4 is 23.1 Å². The lowest BCUT2D eigenvalue weighted by molar-refractivity contribution is -0.138. The minimum atomic E-state index is -4.58. The molecule has 6 nitrogen and oxygen atoms in total. The normalized spacial score (nSPS) is 22.0. The van der Waals surface area contributed by atoms with Gasteiger partial charge in [0.15, 0.2) is 6.23 Å². The minimum Gasteiger partial charge on any atom is -0.494 e. The number of pyridine rings is 1. The van der Waals surface area contributed by atoms with E-state index >= 15 is 0 Å². The molecule has 0 radical (unpaired) electrons. The van der Waals surface area contributed by atoms with Gasteiger partial charge in [0.05, 0.1) is 12.2 Å². The van der Waals surface area contributed by atoms with Gasteiger partial charge in [0.1, 0.15) is 16.9 Å². The van der Waals surface area contributed by atoms with Crippen molar-refractivity contribution in [3.05, 3.63) is 70.3 Å². The molecule has 1 N–H and O–H groups in total. The van der Waals surface area contributed by atoms with Crippen LogP contribution in [0, 0.1) is 0 Å². The highest BCUT2D eigenvalue weighted by Gasteiger charge is 2.48. The first-order chi connectivity index (χ1) is 14.2. The Balaban J connectivity index is 1.79. The number of hydrogen-bond acceptors (Lipinski definition) is 5. The van der Waals surface area contributed by atoms with E-state index < -0.39 is 30.0 Å². The van der Waals surface area contributed by atoms with Gasteiger partial charge in [-0.25, -0.2) is 4.98 Å². The highest BCUT2D eigenvalue weighted by Crippen LogP contribution is 2.41. The summed E-state index contributed by atoms with van der Waals surface area (Å²) in [5.74, 6) is -1.000. The zero-order valence-corrected chi connectivity index (χ0v) is 16.5. The second-order valence-corrected chi connectivity index (χ2v) is 7.24. The summed E-state index contributed by atoms with van der Waals surface area (Å²) in [5.41, 5.74) is -0.578. The fraction of sp³-hybridized carbons (Fsp3) is 0.300. The van der Waals surface area contributed by atoms with Crippen molar-refractivity contribution in [2.24, 2.45) is 0 Å². The lowest BCUT2D eigenvalue weighted by Crippen LogP contribution is -2.53. The smallest absolute Gasteiger partial charge is 0.416 e. The molecular formula is C20H17ClF3N3O3. The number of rotatable bonds is 3. The summed E-state index contributed by atoms with van der Waals surface area (Å²) in [4.78, 5) is 20.3. The molecule has 1 saturated heterocycles. The first kappa shape index (κ1) is 20.5. The van der Waals surface area contributed by atoms with Crippen LogP contribution in [-0.4, -0.2) is 45.1 Å². The number of carbonyl (C=O) groups excluding carboxylic acids is 1. The van der Waals surface area contributed by atoms with Gasteiger partial charge in [0.25, 0.3) is 5.91 Å². The molecule has 3 heterocycles. The van der Waals surface area contributed by atoms with Crippen LogP contribution in [0.5, 0.6) is 0 Å². The topological polar surface area (TPSA) is 65.9 Å². The second-order valence-electron chi connectivity index (χ2n) is 6.86. The SMILES string of the molecule is CCN1C(O)=C(c2cccc(C(F)(F)F)c2)C(=O)N2C(c3ccc(Cl)nc3)OCC12. The van der Waals surface area contributed by atoms with Crippen LogP contribution >= 0.6 is 11.6 Å². The Morgan fingerprint density at radius 2 is 2.07 bits per heavy atom. The Kier molecular flexibility index (Phi) is 5.11. The molecule has 0 bridgehead atoms. The number of aliphatic hydroxyl groups is 1. The van der Waals surface area contributed by atoms with Gasteiger partial charge in [0, 0.05) is 18.3 Å². The Bertz CT molecular complexity index is 1010. The molecule has 0 spiro atoms. The van der Waals surface area contributed by atoms with E-state index in [1.54, 1.807) is 19.1 Å². The summed E-state index contributed by atoms with van der Waals surface area (Å²) in [6, 6.07) is 7.55. The van der Waals surface area contributed by atoms with Crippen LogP contribution in [0.3, 0.4) is 0 Å². The number of hydrogen-bond donors (Lipinski definition) is 1. The van der Waals surface area contributed by atoms with Crippen molar-refractivity contribution in [3.8, 4) is 0 Å². The van der Waals surface area contributed by atoms with Gasteiger partial charge in [-0.2, -0.15) is 13.2 Å². The fourth-order valence-electron chi connectivity index (χ4n) is 3.74. The zero-order valence-electron chi connectivity index (χ0n) is 15.7. The summed E-state index contributed by atoms with van der Waals surface area (Å²) < 4.78 is 45.3. The van der Waals surface area contributed by atoms with Crippen LogP contribution in [0.15, 0.2) is 48.5 Å². The molecular weight excluding hydrogens is 423 g/mol. The maximum Gasteiger partial charge on any atom is 0.416 e. The van der Waals surface area contributed by atoms with Crippen LogP contribution < -0.4 is 0 Å². The summed E-state index contributed by atoms with van der Waals surface area (Å²) >= 11 is 5.83. The predicted molar refractivity (Wildman–Crippen MR) is 102 cm³/mol. The summed E-state index contributed by atoms with van der Waals surface area (Å²) in [5, 5.41) is 11.1. The van der Waals surface area contributed by atoms with Crippen molar-refractivity contribution in [3.63, 3.8) is 0 Å². The number of likely N-dealkylation sites (N-methyl/N-ethyl adjacent to an activating group) is 1. The van der Waals surface area contributed by atoms with Gasteiger partial charge in [-0.1, -0.05) is 23.7 Å². The monoisotopic (exact) mass is 439 g/mol. The minimum absolute atomic E-state index is 0.0240. The third kappa shape index (κ3) is 3.37. The van der Waals surface area contributed by atoms with Gasteiger partial charge in [-0.3, -0.25) is 9.69 Å². The number of aromatic nitrogens is 1. The van der Waals surface area contributed by atoms with E-state index in [0.717, 1.165) is 12.1 Å². The third-order valence-electron chi connectivity index (χ3n) is 5.14. The predicted octanol–water partition coefficient (Wildman–Crippen LogP) is 4.20. The Morgan fingerprint density at radius 1 is 1.30 bits per heavy atom. The average Bonchev–Trinajstić information content (AvgIpc) is 3.14. The lowest BCUT2D eigenvalue weighted by atomic mass is 9.99. The zero-order chi connectivity index (χ0) is 21.6. The van der Waals surface area contributed by atoms with Gasteiger partial charge in [-0.15, -0.1) is 0 Å². The van der Waals surface area contributed by atoms with Gasteiger partial charge in [0.2, 0.25) is 5.88 Å². The molecule has 2 unspecified atom stereocenters. The molecule has 1 amide bonds. The Labute approximate surface area is 175 Å². The van der Waals surface area contributed by atoms with Crippen molar-refractivity contribution in [1.29, 1.82) is 0 Å². The highest BCUT2D eigenvalue weighted by atomic mass is 35.5. The first-order valence-corrected chi connectivity index (χ1v) is 9.53. The molecule has 2 aliphatic rings. The van der Waals surface area contributed by atoms with E-state index in [1.807, 2.05) is 0 Å². The molecule has 2 atom stereocenters. The number of fused-ring (bicyclic) bond motifs is 1. The van der Waals surface area contributed by atoms with Gasteiger partial charge < -0.3 is 14.7 Å². The van der Waals surface area contributed by atoms with Crippen LogP contribution in [0.2, 0.25) is 5.15 Å².